The normalized spacial score (nSPS) is 22.6. The van der Waals surface area contributed by atoms with Gasteiger partial charge < -0.3 is 10.1 Å². The summed E-state index contributed by atoms with van der Waals surface area (Å²) in [7, 11) is 0. The van der Waals surface area contributed by atoms with Crippen molar-refractivity contribution in [1.82, 2.24) is 5.32 Å². The van der Waals surface area contributed by atoms with Crippen LogP contribution in [0.15, 0.2) is 10.5 Å². The molecule has 2 heterocycles. The minimum atomic E-state index is 0.454. The van der Waals surface area contributed by atoms with Gasteiger partial charge in [0.2, 0.25) is 0 Å². The summed E-state index contributed by atoms with van der Waals surface area (Å²) in [6.07, 6.45) is 2.46. The average molecular weight is 318 g/mol. The van der Waals surface area contributed by atoms with Gasteiger partial charge in [0.15, 0.2) is 0 Å². The maximum absolute atomic E-state index is 5.62. The van der Waals surface area contributed by atoms with Gasteiger partial charge in [0.05, 0.1) is 6.61 Å². The summed E-state index contributed by atoms with van der Waals surface area (Å²) >= 11 is 5.50. The Morgan fingerprint density at radius 1 is 1.65 bits per heavy atom. The maximum Gasteiger partial charge on any atom is 0.0512 e. The molecule has 1 aliphatic rings. The largest absolute Gasteiger partial charge is 0.381 e. The van der Waals surface area contributed by atoms with E-state index in [1.54, 1.807) is 0 Å². The van der Waals surface area contributed by atoms with Gasteiger partial charge in [-0.1, -0.05) is 6.92 Å². The van der Waals surface area contributed by atoms with E-state index in [-0.39, 0.29) is 0 Å². The molecule has 0 saturated carbocycles. The first kappa shape index (κ1) is 13.5. The molecule has 0 bridgehead atoms. The maximum atomic E-state index is 5.62. The Morgan fingerprint density at radius 2 is 2.47 bits per heavy atom. The fraction of sp³-hybridized carbons (Fsp3) is 0.692. The van der Waals surface area contributed by atoms with Crippen LogP contribution in [-0.2, 0) is 4.74 Å². The molecule has 0 amide bonds. The predicted octanol–water partition coefficient (Wildman–Crippen LogP) is 3.90. The van der Waals surface area contributed by atoms with E-state index in [1.165, 1.54) is 27.1 Å². The molecule has 1 aromatic heterocycles. The van der Waals surface area contributed by atoms with Crippen molar-refractivity contribution in [2.45, 2.75) is 32.7 Å². The highest BCUT2D eigenvalue weighted by Gasteiger charge is 2.26. The van der Waals surface area contributed by atoms with Crippen molar-refractivity contribution in [3.05, 3.63) is 20.3 Å². The van der Waals surface area contributed by atoms with Gasteiger partial charge in [-0.3, -0.25) is 0 Å². The third kappa shape index (κ3) is 3.31. The number of hydrogen-bond donors (Lipinski definition) is 1. The molecule has 17 heavy (non-hydrogen) atoms. The van der Waals surface area contributed by atoms with Crippen LogP contribution < -0.4 is 5.32 Å². The molecule has 1 fully saturated rings. The second kappa shape index (κ2) is 6.32. The van der Waals surface area contributed by atoms with E-state index in [2.05, 4.69) is 41.2 Å². The number of thiophene rings is 1. The molecule has 1 aliphatic heterocycles. The summed E-state index contributed by atoms with van der Waals surface area (Å²) in [5, 5.41) is 3.62. The molecule has 2 atom stereocenters. The fourth-order valence-electron chi connectivity index (χ4n) is 2.38. The highest BCUT2D eigenvalue weighted by molar-refractivity contribution is 9.10. The molecule has 0 aliphatic carbocycles. The highest BCUT2D eigenvalue weighted by atomic mass is 79.9. The fourth-order valence-corrected chi connectivity index (χ4v) is 4.11. The van der Waals surface area contributed by atoms with Gasteiger partial charge in [-0.15, -0.1) is 11.3 Å². The number of ether oxygens (including phenoxy) is 1. The van der Waals surface area contributed by atoms with Crippen LogP contribution in [0.25, 0.3) is 0 Å². The van der Waals surface area contributed by atoms with E-state index in [9.17, 15) is 0 Å². The van der Waals surface area contributed by atoms with E-state index < -0.39 is 0 Å². The van der Waals surface area contributed by atoms with Crippen molar-refractivity contribution >= 4 is 27.3 Å². The van der Waals surface area contributed by atoms with Crippen molar-refractivity contribution < 1.29 is 4.74 Å². The molecule has 2 unspecified atom stereocenters. The number of halogens is 1. The van der Waals surface area contributed by atoms with Crippen molar-refractivity contribution in [2.24, 2.45) is 5.92 Å². The molecule has 96 valence electrons. The molecule has 1 N–H and O–H groups in total. The molecular formula is C13H20BrNOS. The minimum absolute atomic E-state index is 0.454. The van der Waals surface area contributed by atoms with Crippen LogP contribution in [0, 0.1) is 12.8 Å². The first-order valence-electron chi connectivity index (χ1n) is 6.29. The van der Waals surface area contributed by atoms with Gasteiger partial charge in [-0.05, 0) is 48.3 Å². The summed E-state index contributed by atoms with van der Waals surface area (Å²) in [6, 6.07) is 2.72. The molecule has 2 rings (SSSR count). The lowest BCUT2D eigenvalue weighted by molar-refractivity contribution is 0.0398. The van der Waals surface area contributed by atoms with E-state index in [4.69, 9.17) is 4.74 Å². The summed E-state index contributed by atoms with van der Waals surface area (Å²) in [4.78, 5) is 2.80. The van der Waals surface area contributed by atoms with Crippen molar-refractivity contribution in [3.8, 4) is 0 Å². The first-order chi connectivity index (χ1) is 8.22. The Morgan fingerprint density at radius 3 is 3.00 bits per heavy atom. The molecule has 0 radical (unpaired) electrons. The Balaban J connectivity index is 2.15. The SMILES string of the molecule is CCNC(c1cc(Br)c(C)s1)C1CCCOC1. The summed E-state index contributed by atoms with van der Waals surface area (Å²) < 4.78 is 6.85. The van der Waals surface area contributed by atoms with E-state index in [0.29, 0.717) is 12.0 Å². The van der Waals surface area contributed by atoms with Crippen LogP contribution in [0.1, 0.15) is 35.6 Å². The lowest BCUT2D eigenvalue weighted by Crippen LogP contribution is -2.32. The molecular weight excluding hydrogens is 298 g/mol. The standard InChI is InChI=1S/C13H20BrNOS/c1-3-15-13(10-5-4-6-16-8-10)12-7-11(14)9(2)17-12/h7,10,13,15H,3-6,8H2,1-2H3. The van der Waals surface area contributed by atoms with Crippen LogP contribution in [0.2, 0.25) is 0 Å². The zero-order valence-electron chi connectivity index (χ0n) is 10.5. The number of aryl methyl sites for hydroxylation is 1. The van der Waals surface area contributed by atoms with Crippen LogP contribution >= 0.6 is 27.3 Å². The van der Waals surface area contributed by atoms with Gasteiger partial charge in [-0.25, -0.2) is 0 Å². The number of nitrogens with one attached hydrogen (secondary N) is 1. The average Bonchev–Trinajstić information content (AvgIpc) is 2.67. The molecule has 2 nitrogen and oxygen atoms in total. The highest BCUT2D eigenvalue weighted by Crippen LogP contribution is 2.36. The Bertz CT molecular complexity index is 341. The smallest absolute Gasteiger partial charge is 0.0512 e. The van der Waals surface area contributed by atoms with E-state index in [0.717, 1.165) is 19.8 Å². The van der Waals surface area contributed by atoms with Gasteiger partial charge in [-0.2, -0.15) is 0 Å². The van der Waals surface area contributed by atoms with Crippen molar-refractivity contribution in [3.63, 3.8) is 0 Å². The lowest BCUT2D eigenvalue weighted by Gasteiger charge is -2.30. The summed E-state index contributed by atoms with van der Waals surface area (Å²) in [5.41, 5.74) is 0. The zero-order valence-corrected chi connectivity index (χ0v) is 12.9. The van der Waals surface area contributed by atoms with Crippen molar-refractivity contribution in [2.75, 3.05) is 19.8 Å². The Hall–Kier alpha value is 0.1000. The van der Waals surface area contributed by atoms with Crippen LogP contribution in [0.4, 0.5) is 0 Å². The van der Waals surface area contributed by atoms with Crippen LogP contribution in [0.5, 0.6) is 0 Å². The zero-order chi connectivity index (χ0) is 12.3. The predicted molar refractivity (Wildman–Crippen MR) is 76.7 cm³/mol. The van der Waals surface area contributed by atoms with E-state index >= 15 is 0 Å². The lowest BCUT2D eigenvalue weighted by atomic mass is 9.92. The second-order valence-electron chi connectivity index (χ2n) is 4.57. The quantitative estimate of drug-likeness (QED) is 0.909. The van der Waals surface area contributed by atoms with Crippen molar-refractivity contribution in [1.29, 1.82) is 0 Å². The number of rotatable bonds is 4. The monoisotopic (exact) mass is 317 g/mol. The molecule has 0 spiro atoms. The van der Waals surface area contributed by atoms with Crippen LogP contribution in [0.3, 0.4) is 0 Å². The first-order valence-corrected chi connectivity index (χ1v) is 7.90. The molecule has 1 saturated heterocycles. The Kier molecular flexibility index (Phi) is 5.03. The molecule has 4 heteroatoms. The summed E-state index contributed by atoms with van der Waals surface area (Å²) in [5.74, 6) is 0.619. The van der Waals surface area contributed by atoms with Gasteiger partial charge in [0, 0.05) is 32.8 Å². The van der Waals surface area contributed by atoms with Crippen LogP contribution in [-0.4, -0.2) is 19.8 Å². The third-order valence-corrected chi connectivity index (χ3v) is 5.49. The summed E-state index contributed by atoms with van der Waals surface area (Å²) in [6.45, 7) is 7.18. The van der Waals surface area contributed by atoms with Gasteiger partial charge in [0.25, 0.3) is 0 Å². The van der Waals surface area contributed by atoms with Gasteiger partial charge in [0.1, 0.15) is 0 Å². The molecule has 0 aromatic carbocycles. The molecule has 1 aromatic rings. The topological polar surface area (TPSA) is 21.3 Å². The second-order valence-corrected chi connectivity index (χ2v) is 6.71. The Labute approximate surface area is 116 Å². The number of hydrogen-bond acceptors (Lipinski definition) is 3. The minimum Gasteiger partial charge on any atom is -0.381 e. The third-order valence-electron chi connectivity index (χ3n) is 3.27. The van der Waals surface area contributed by atoms with E-state index in [1.807, 2.05) is 11.3 Å². The van der Waals surface area contributed by atoms with Gasteiger partial charge >= 0.3 is 0 Å².